The maximum Gasteiger partial charge on any atom is 0.130 e. The van der Waals surface area contributed by atoms with Gasteiger partial charge in [-0.05, 0) is 24.3 Å². The molecule has 1 aromatic rings. The quantitative estimate of drug-likeness (QED) is 0.815. The fourth-order valence-electron chi connectivity index (χ4n) is 1.85. The van der Waals surface area contributed by atoms with Gasteiger partial charge in [0.25, 0.3) is 0 Å². The predicted octanol–water partition coefficient (Wildman–Crippen LogP) is 1.99. The van der Waals surface area contributed by atoms with E-state index >= 15 is 0 Å². The Kier molecular flexibility index (Phi) is 5.00. The molecule has 0 spiro atoms. The number of ether oxygens (including phenoxy) is 3. The second kappa shape index (κ2) is 6.52. The minimum Gasteiger partial charge on any atom is -0.488 e. The van der Waals surface area contributed by atoms with Crippen molar-refractivity contribution < 1.29 is 19.3 Å². The molecular formula is C13H17BrO4. The Bertz CT molecular complexity index is 368. The summed E-state index contributed by atoms with van der Waals surface area (Å²) in [6.07, 6.45) is -0.183. The van der Waals surface area contributed by atoms with Crippen molar-refractivity contribution in [3.05, 3.63) is 28.7 Å². The Morgan fingerprint density at radius 1 is 1.28 bits per heavy atom. The zero-order valence-electron chi connectivity index (χ0n) is 10.2. The number of methoxy groups -OCH3 is 1. The highest BCUT2D eigenvalue weighted by Gasteiger charge is 2.42. The lowest BCUT2D eigenvalue weighted by atomic mass is 9.88. The van der Waals surface area contributed by atoms with Crippen LogP contribution >= 0.6 is 15.9 Å². The molecule has 3 unspecified atom stereocenters. The summed E-state index contributed by atoms with van der Waals surface area (Å²) in [6, 6.07) is 7.62. The smallest absolute Gasteiger partial charge is 0.130 e. The Labute approximate surface area is 115 Å². The van der Waals surface area contributed by atoms with Gasteiger partial charge in [0.1, 0.15) is 18.0 Å². The van der Waals surface area contributed by atoms with E-state index in [1.807, 2.05) is 24.3 Å². The Hall–Kier alpha value is -0.620. The molecular weight excluding hydrogens is 300 g/mol. The van der Waals surface area contributed by atoms with Crippen LogP contribution in [0.5, 0.6) is 5.75 Å². The number of benzene rings is 1. The SMILES string of the molecule is COCCOC1C(O)CC1Oc1ccc(Br)cc1. The van der Waals surface area contributed by atoms with E-state index in [1.54, 1.807) is 7.11 Å². The molecule has 1 N–H and O–H groups in total. The molecule has 1 fully saturated rings. The van der Waals surface area contributed by atoms with E-state index < -0.39 is 6.10 Å². The number of aliphatic hydroxyl groups excluding tert-OH is 1. The third-order valence-electron chi connectivity index (χ3n) is 2.92. The number of rotatable bonds is 6. The molecule has 1 aliphatic rings. The van der Waals surface area contributed by atoms with E-state index in [-0.39, 0.29) is 12.2 Å². The lowest BCUT2D eigenvalue weighted by Gasteiger charge is -2.40. The van der Waals surface area contributed by atoms with Gasteiger partial charge in [-0.25, -0.2) is 0 Å². The van der Waals surface area contributed by atoms with E-state index in [1.165, 1.54) is 0 Å². The molecule has 0 amide bonds. The third kappa shape index (κ3) is 3.45. The largest absolute Gasteiger partial charge is 0.488 e. The van der Waals surface area contributed by atoms with Crippen LogP contribution in [0.25, 0.3) is 0 Å². The van der Waals surface area contributed by atoms with Crippen LogP contribution in [0.2, 0.25) is 0 Å². The first-order valence-electron chi connectivity index (χ1n) is 5.91. The molecule has 0 radical (unpaired) electrons. The van der Waals surface area contributed by atoms with Crippen molar-refractivity contribution in [1.82, 2.24) is 0 Å². The van der Waals surface area contributed by atoms with Gasteiger partial charge in [-0.1, -0.05) is 15.9 Å². The number of halogens is 1. The second-order valence-corrected chi connectivity index (χ2v) is 5.16. The molecule has 0 bridgehead atoms. The molecule has 0 saturated heterocycles. The van der Waals surface area contributed by atoms with Crippen LogP contribution in [-0.2, 0) is 9.47 Å². The van der Waals surface area contributed by atoms with E-state index in [2.05, 4.69) is 15.9 Å². The summed E-state index contributed by atoms with van der Waals surface area (Å²) in [5.41, 5.74) is 0. The molecule has 1 aliphatic carbocycles. The van der Waals surface area contributed by atoms with Crippen LogP contribution < -0.4 is 4.74 Å². The maximum absolute atomic E-state index is 9.65. The molecule has 100 valence electrons. The van der Waals surface area contributed by atoms with E-state index in [4.69, 9.17) is 14.2 Å². The summed E-state index contributed by atoms with van der Waals surface area (Å²) in [6.45, 7) is 0.993. The van der Waals surface area contributed by atoms with Gasteiger partial charge in [0, 0.05) is 18.0 Å². The summed E-state index contributed by atoms with van der Waals surface area (Å²) in [7, 11) is 1.62. The second-order valence-electron chi connectivity index (χ2n) is 4.24. The van der Waals surface area contributed by atoms with Gasteiger partial charge in [-0.3, -0.25) is 0 Å². The van der Waals surface area contributed by atoms with Crippen LogP contribution in [0.15, 0.2) is 28.7 Å². The zero-order valence-corrected chi connectivity index (χ0v) is 11.8. The van der Waals surface area contributed by atoms with Gasteiger partial charge in [-0.15, -0.1) is 0 Å². The fourth-order valence-corrected chi connectivity index (χ4v) is 2.11. The summed E-state index contributed by atoms with van der Waals surface area (Å²) < 4.78 is 17.2. The monoisotopic (exact) mass is 316 g/mol. The highest BCUT2D eigenvalue weighted by Crippen LogP contribution is 2.29. The zero-order chi connectivity index (χ0) is 13.0. The topological polar surface area (TPSA) is 47.9 Å². The molecule has 0 aliphatic heterocycles. The van der Waals surface area contributed by atoms with E-state index in [0.717, 1.165) is 10.2 Å². The van der Waals surface area contributed by atoms with Crippen LogP contribution in [0, 0.1) is 0 Å². The minimum atomic E-state index is -0.442. The summed E-state index contributed by atoms with van der Waals surface area (Å²) in [4.78, 5) is 0. The van der Waals surface area contributed by atoms with E-state index in [0.29, 0.717) is 19.6 Å². The van der Waals surface area contributed by atoms with Gasteiger partial charge in [0.15, 0.2) is 0 Å². The summed E-state index contributed by atoms with van der Waals surface area (Å²) >= 11 is 3.37. The average molecular weight is 317 g/mol. The first-order valence-corrected chi connectivity index (χ1v) is 6.71. The van der Waals surface area contributed by atoms with Gasteiger partial charge >= 0.3 is 0 Å². The summed E-state index contributed by atoms with van der Waals surface area (Å²) in [5, 5.41) is 9.65. The minimum absolute atomic E-state index is 0.0852. The number of hydrogen-bond donors (Lipinski definition) is 1. The van der Waals surface area contributed by atoms with Crippen molar-refractivity contribution in [3.63, 3.8) is 0 Å². The van der Waals surface area contributed by atoms with Crippen molar-refractivity contribution in [2.24, 2.45) is 0 Å². The Morgan fingerprint density at radius 2 is 2.00 bits per heavy atom. The summed E-state index contributed by atoms with van der Waals surface area (Å²) in [5.74, 6) is 0.787. The normalized spacial score (nSPS) is 26.7. The van der Waals surface area contributed by atoms with Crippen LogP contribution in [0.1, 0.15) is 6.42 Å². The first-order chi connectivity index (χ1) is 8.70. The van der Waals surface area contributed by atoms with Crippen molar-refractivity contribution in [2.75, 3.05) is 20.3 Å². The standard InChI is InChI=1S/C13H17BrO4/c1-16-6-7-17-13-11(15)8-12(13)18-10-4-2-9(14)3-5-10/h2-5,11-13,15H,6-8H2,1H3. The molecule has 1 aromatic carbocycles. The lowest BCUT2D eigenvalue weighted by molar-refractivity contribution is -0.167. The molecule has 3 atom stereocenters. The van der Waals surface area contributed by atoms with Gasteiger partial charge in [-0.2, -0.15) is 0 Å². The fraction of sp³-hybridized carbons (Fsp3) is 0.538. The molecule has 18 heavy (non-hydrogen) atoms. The Balaban J connectivity index is 1.83. The van der Waals surface area contributed by atoms with Gasteiger partial charge in [0.05, 0.1) is 19.3 Å². The number of aliphatic hydroxyl groups is 1. The van der Waals surface area contributed by atoms with Gasteiger partial charge in [0.2, 0.25) is 0 Å². The average Bonchev–Trinajstić information content (AvgIpc) is 2.36. The van der Waals surface area contributed by atoms with E-state index in [9.17, 15) is 5.11 Å². The molecule has 0 aromatic heterocycles. The van der Waals surface area contributed by atoms with Crippen molar-refractivity contribution >= 4 is 15.9 Å². The van der Waals surface area contributed by atoms with Crippen molar-refractivity contribution in [2.45, 2.75) is 24.7 Å². The first kappa shape index (κ1) is 13.8. The molecule has 4 nitrogen and oxygen atoms in total. The lowest BCUT2D eigenvalue weighted by Crippen LogP contribution is -2.55. The van der Waals surface area contributed by atoms with Crippen LogP contribution in [0.3, 0.4) is 0 Å². The molecule has 5 heteroatoms. The van der Waals surface area contributed by atoms with Crippen molar-refractivity contribution in [1.29, 1.82) is 0 Å². The van der Waals surface area contributed by atoms with Gasteiger partial charge < -0.3 is 19.3 Å². The number of hydrogen-bond acceptors (Lipinski definition) is 4. The molecule has 2 rings (SSSR count). The molecule has 1 saturated carbocycles. The highest BCUT2D eigenvalue weighted by atomic mass is 79.9. The third-order valence-corrected chi connectivity index (χ3v) is 3.45. The predicted molar refractivity (Wildman–Crippen MR) is 70.8 cm³/mol. The Morgan fingerprint density at radius 3 is 2.61 bits per heavy atom. The van der Waals surface area contributed by atoms with Crippen LogP contribution in [-0.4, -0.2) is 43.7 Å². The highest BCUT2D eigenvalue weighted by molar-refractivity contribution is 9.10. The van der Waals surface area contributed by atoms with Crippen molar-refractivity contribution in [3.8, 4) is 5.75 Å². The van der Waals surface area contributed by atoms with Crippen LogP contribution in [0.4, 0.5) is 0 Å². The maximum atomic E-state index is 9.65. The molecule has 0 heterocycles.